The van der Waals surface area contributed by atoms with E-state index in [1.807, 2.05) is 0 Å². The molecule has 0 bridgehead atoms. The maximum Gasteiger partial charge on any atom is 0.226 e. The minimum atomic E-state index is -0.0997. The Labute approximate surface area is 117 Å². The SMILES string of the molecule is CCC1(C(=O)NC2CCC(C)C(C)C2)CCNCC1. The van der Waals surface area contributed by atoms with E-state index in [0.29, 0.717) is 11.9 Å². The van der Waals surface area contributed by atoms with Crippen LogP contribution in [0.2, 0.25) is 0 Å². The molecule has 2 rings (SSSR count). The lowest BCUT2D eigenvalue weighted by molar-refractivity contribution is -0.134. The van der Waals surface area contributed by atoms with Crippen molar-refractivity contribution in [1.82, 2.24) is 10.6 Å². The van der Waals surface area contributed by atoms with Gasteiger partial charge in [-0.05, 0) is 63.5 Å². The minimum absolute atomic E-state index is 0.0997. The molecule has 1 aliphatic heterocycles. The molecule has 3 heteroatoms. The summed E-state index contributed by atoms with van der Waals surface area (Å²) in [6, 6.07) is 0.414. The van der Waals surface area contributed by atoms with Gasteiger partial charge in [0.15, 0.2) is 0 Å². The second-order valence-corrected chi connectivity index (χ2v) is 6.82. The molecule has 0 radical (unpaired) electrons. The highest BCUT2D eigenvalue weighted by Crippen LogP contribution is 2.34. The van der Waals surface area contributed by atoms with Crippen LogP contribution in [0.1, 0.15) is 59.3 Å². The van der Waals surface area contributed by atoms with Crippen molar-refractivity contribution in [3.8, 4) is 0 Å². The van der Waals surface area contributed by atoms with E-state index in [9.17, 15) is 4.79 Å². The lowest BCUT2D eigenvalue weighted by Crippen LogP contribution is -2.51. The molecule has 1 aliphatic carbocycles. The van der Waals surface area contributed by atoms with E-state index < -0.39 is 0 Å². The van der Waals surface area contributed by atoms with Gasteiger partial charge >= 0.3 is 0 Å². The first-order valence-corrected chi connectivity index (χ1v) is 8.09. The van der Waals surface area contributed by atoms with Crippen molar-refractivity contribution >= 4 is 5.91 Å². The van der Waals surface area contributed by atoms with Gasteiger partial charge in [0.05, 0.1) is 5.41 Å². The summed E-state index contributed by atoms with van der Waals surface area (Å²) in [7, 11) is 0. The first-order chi connectivity index (χ1) is 9.07. The Morgan fingerprint density at radius 1 is 1.21 bits per heavy atom. The molecule has 3 nitrogen and oxygen atoms in total. The smallest absolute Gasteiger partial charge is 0.226 e. The van der Waals surface area contributed by atoms with Crippen molar-refractivity contribution in [2.75, 3.05) is 13.1 Å². The lowest BCUT2D eigenvalue weighted by Gasteiger charge is -2.39. The second kappa shape index (κ2) is 6.25. The quantitative estimate of drug-likeness (QED) is 0.824. The van der Waals surface area contributed by atoms with Crippen LogP contribution in [0, 0.1) is 17.3 Å². The molecule has 1 amide bonds. The van der Waals surface area contributed by atoms with Gasteiger partial charge < -0.3 is 10.6 Å². The zero-order chi connectivity index (χ0) is 13.9. The Bertz CT molecular complexity index is 310. The molecule has 0 spiro atoms. The molecule has 0 aromatic carbocycles. The van der Waals surface area contributed by atoms with E-state index in [1.165, 1.54) is 6.42 Å². The van der Waals surface area contributed by atoms with Crippen LogP contribution in [0.4, 0.5) is 0 Å². The molecule has 3 atom stereocenters. The number of nitrogens with one attached hydrogen (secondary N) is 2. The monoisotopic (exact) mass is 266 g/mol. The average molecular weight is 266 g/mol. The molecular weight excluding hydrogens is 236 g/mol. The highest BCUT2D eigenvalue weighted by atomic mass is 16.2. The summed E-state index contributed by atoms with van der Waals surface area (Å²) in [4.78, 5) is 12.7. The highest BCUT2D eigenvalue weighted by molar-refractivity contribution is 5.83. The number of carbonyl (C=O) groups is 1. The summed E-state index contributed by atoms with van der Waals surface area (Å²) in [6.07, 6.45) is 6.54. The first kappa shape index (κ1) is 14.8. The molecule has 110 valence electrons. The van der Waals surface area contributed by atoms with Crippen molar-refractivity contribution in [2.24, 2.45) is 17.3 Å². The summed E-state index contributed by atoms with van der Waals surface area (Å²) >= 11 is 0. The van der Waals surface area contributed by atoms with Crippen LogP contribution >= 0.6 is 0 Å². The van der Waals surface area contributed by atoms with Crippen LogP contribution in [0.5, 0.6) is 0 Å². The predicted octanol–water partition coefficient (Wildman–Crippen LogP) is 2.71. The van der Waals surface area contributed by atoms with E-state index >= 15 is 0 Å². The number of piperidine rings is 1. The lowest BCUT2D eigenvalue weighted by atomic mass is 9.74. The third-order valence-corrected chi connectivity index (χ3v) is 5.65. The summed E-state index contributed by atoms with van der Waals surface area (Å²) in [5.41, 5.74) is -0.0997. The van der Waals surface area contributed by atoms with Crippen molar-refractivity contribution < 1.29 is 4.79 Å². The molecule has 3 unspecified atom stereocenters. The minimum Gasteiger partial charge on any atom is -0.353 e. The summed E-state index contributed by atoms with van der Waals surface area (Å²) in [5.74, 6) is 1.88. The zero-order valence-corrected chi connectivity index (χ0v) is 12.8. The van der Waals surface area contributed by atoms with Gasteiger partial charge in [-0.15, -0.1) is 0 Å². The third-order valence-electron chi connectivity index (χ3n) is 5.65. The molecule has 19 heavy (non-hydrogen) atoms. The van der Waals surface area contributed by atoms with Crippen LogP contribution < -0.4 is 10.6 Å². The number of carbonyl (C=O) groups excluding carboxylic acids is 1. The molecule has 0 aromatic heterocycles. The van der Waals surface area contributed by atoms with Gasteiger partial charge in [0.1, 0.15) is 0 Å². The Morgan fingerprint density at radius 2 is 1.89 bits per heavy atom. The third kappa shape index (κ3) is 3.31. The normalized spacial score (nSPS) is 34.8. The van der Waals surface area contributed by atoms with Gasteiger partial charge in [-0.3, -0.25) is 4.79 Å². The van der Waals surface area contributed by atoms with Crippen molar-refractivity contribution in [1.29, 1.82) is 0 Å². The van der Waals surface area contributed by atoms with Crippen LogP contribution in [0.25, 0.3) is 0 Å². The van der Waals surface area contributed by atoms with Gasteiger partial charge in [-0.25, -0.2) is 0 Å². The molecule has 2 fully saturated rings. The maximum atomic E-state index is 12.7. The van der Waals surface area contributed by atoms with E-state index in [1.54, 1.807) is 0 Å². The predicted molar refractivity (Wildman–Crippen MR) is 78.9 cm³/mol. The molecule has 0 aromatic rings. The molecular formula is C16H30N2O. The molecule has 1 heterocycles. The molecule has 2 N–H and O–H groups in total. The molecule has 1 saturated heterocycles. The van der Waals surface area contributed by atoms with Crippen LogP contribution in [0.15, 0.2) is 0 Å². The fraction of sp³-hybridized carbons (Fsp3) is 0.938. The van der Waals surface area contributed by atoms with Gasteiger partial charge in [0.25, 0.3) is 0 Å². The standard InChI is InChI=1S/C16H30N2O/c1-4-16(7-9-17-10-8-16)15(19)18-14-6-5-12(2)13(3)11-14/h12-14,17H,4-11H2,1-3H3,(H,18,19). The van der Waals surface area contributed by atoms with E-state index in [2.05, 4.69) is 31.4 Å². The fourth-order valence-electron chi connectivity index (χ4n) is 3.66. The molecule has 1 saturated carbocycles. The van der Waals surface area contributed by atoms with E-state index in [-0.39, 0.29) is 5.41 Å². The van der Waals surface area contributed by atoms with Gasteiger partial charge in [-0.2, -0.15) is 0 Å². The van der Waals surface area contributed by atoms with Crippen LogP contribution in [0.3, 0.4) is 0 Å². The van der Waals surface area contributed by atoms with E-state index in [0.717, 1.165) is 57.0 Å². The topological polar surface area (TPSA) is 41.1 Å². The largest absolute Gasteiger partial charge is 0.353 e. The van der Waals surface area contributed by atoms with Crippen molar-refractivity contribution in [3.63, 3.8) is 0 Å². The number of hydrogen-bond acceptors (Lipinski definition) is 2. The Morgan fingerprint density at radius 3 is 2.47 bits per heavy atom. The van der Waals surface area contributed by atoms with Gasteiger partial charge in [0, 0.05) is 6.04 Å². The number of hydrogen-bond donors (Lipinski definition) is 2. The molecule has 2 aliphatic rings. The van der Waals surface area contributed by atoms with Crippen LogP contribution in [-0.4, -0.2) is 25.0 Å². The second-order valence-electron chi connectivity index (χ2n) is 6.82. The number of rotatable bonds is 3. The summed E-state index contributed by atoms with van der Waals surface area (Å²) < 4.78 is 0. The van der Waals surface area contributed by atoms with Crippen LogP contribution in [-0.2, 0) is 4.79 Å². The summed E-state index contributed by atoms with van der Waals surface area (Å²) in [5, 5.41) is 6.73. The zero-order valence-electron chi connectivity index (χ0n) is 12.8. The van der Waals surface area contributed by atoms with Crippen molar-refractivity contribution in [2.45, 2.75) is 65.3 Å². The maximum absolute atomic E-state index is 12.7. The Hall–Kier alpha value is -0.570. The van der Waals surface area contributed by atoms with Crippen molar-refractivity contribution in [3.05, 3.63) is 0 Å². The summed E-state index contributed by atoms with van der Waals surface area (Å²) in [6.45, 7) is 8.79. The fourth-order valence-corrected chi connectivity index (χ4v) is 3.66. The first-order valence-electron chi connectivity index (χ1n) is 8.09. The Balaban J connectivity index is 1.92. The van der Waals surface area contributed by atoms with Gasteiger partial charge in [0.2, 0.25) is 5.91 Å². The highest BCUT2D eigenvalue weighted by Gasteiger charge is 2.39. The van der Waals surface area contributed by atoms with E-state index in [4.69, 9.17) is 0 Å². The Kier molecular flexibility index (Phi) is 4.88. The average Bonchev–Trinajstić information content (AvgIpc) is 2.43. The van der Waals surface area contributed by atoms with Gasteiger partial charge in [-0.1, -0.05) is 20.8 Å². The number of amides is 1.